The molecule has 0 spiro atoms. The largest absolute Gasteiger partial charge is 0.433 e. The molecule has 3 aromatic heterocycles. The third kappa shape index (κ3) is 3.91. The van der Waals surface area contributed by atoms with Crippen molar-refractivity contribution in [2.45, 2.75) is 12.7 Å². The molecule has 3 heterocycles. The molecule has 31 heavy (non-hydrogen) atoms. The zero-order valence-electron chi connectivity index (χ0n) is 16.2. The van der Waals surface area contributed by atoms with Crippen molar-refractivity contribution in [2.75, 3.05) is 7.05 Å². The predicted molar refractivity (Wildman–Crippen MR) is 108 cm³/mol. The topological polar surface area (TPSA) is 92.7 Å². The first-order chi connectivity index (χ1) is 14.8. The highest BCUT2D eigenvalue weighted by Gasteiger charge is 2.36. The van der Waals surface area contributed by atoms with Gasteiger partial charge in [-0.2, -0.15) is 18.3 Å². The fraction of sp³-hybridized carbons (Fsp3) is 0.143. The Morgan fingerprint density at radius 1 is 1.19 bits per heavy atom. The summed E-state index contributed by atoms with van der Waals surface area (Å²) in [5.41, 5.74) is -0.247. The molecule has 2 N–H and O–H groups in total. The molecule has 0 aliphatic heterocycles. The van der Waals surface area contributed by atoms with Gasteiger partial charge in [-0.3, -0.25) is 19.7 Å². The van der Waals surface area contributed by atoms with Gasteiger partial charge in [0.05, 0.1) is 29.4 Å². The second kappa shape index (κ2) is 7.71. The number of hydrogen-bond donors (Lipinski definition) is 2. The average molecular weight is 427 g/mol. The first kappa shape index (κ1) is 20.3. The van der Waals surface area contributed by atoms with Gasteiger partial charge in [0.15, 0.2) is 0 Å². The Bertz CT molecular complexity index is 1340. The molecule has 0 bridgehead atoms. The molecule has 0 atom stereocenters. The minimum Gasteiger partial charge on any atom is -0.355 e. The number of amides is 1. The van der Waals surface area contributed by atoms with Gasteiger partial charge in [0.25, 0.3) is 11.5 Å². The van der Waals surface area contributed by atoms with Crippen LogP contribution in [0.3, 0.4) is 0 Å². The summed E-state index contributed by atoms with van der Waals surface area (Å²) in [5.74, 6) is -0.234. The number of nitrogens with one attached hydrogen (secondary N) is 2. The molecule has 1 amide bonds. The number of aromatic amines is 1. The highest BCUT2D eigenvalue weighted by atomic mass is 19.4. The van der Waals surface area contributed by atoms with Gasteiger partial charge in [-0.15, -0.1) is 0 Å². The van der Waals surface area contributed by atoms with Crippen LogP contribution in [0.2, 0.25) is 0 Å². The maximum atomic E-state index is 13.1. The summed E-state index contributed by atoms with van der Waals surface area (Å²) in [6, 6.07) is 9.94. The van der Waals surface area contributed by atoms with Gasteiger partial charge in [-0.05, 0) is 35.2 Å². The van der Waals surface area contributed by atoms with E-state index in [0.29, 0.717) is 10.9 Å². The average Bonchev–Trinajstić information content (AvgIpc) is 3.26. The minimum atomic E-state index is -4.60. The van der Waals surface area contributed by atoms with Gasteiger partial charge in [0, 0.05) is 25.0 Å². The molecule has 4 aromatic rings. The number of benzene rings is 1. The number of rotatable bonds is 4. The Kier molecular flexibility index (Phi) is 5.05. The molecule has 1 aromatic carbocycles. The normalized spacial score (nSPS) is 11.6. The molecule has 7 nitrogen and oxygen atoms in total. The van der Waals surface area contributed by atoms with Crippen LogP contribution in [0.15, 0.2) is 59.8 Å². The monoisotopic (exact) mass is 427 g/mol. The van der Waals surface area contributed by atoms with Gasteiger partial charge < -0.3 is 9.88 Å². The van der Waals surface area contributed by atoms with Gasteiger partial charge >= 0.3 is 6.18 Å². The summed E-state index contributed by atoms with van der Waals surface area (Å²) in [7, 11) is 1.53. The maximum Gasteiger partial charge on any atom is 0.433 e. The molecule has 0 radical (unpaired) electrons. The summed E-state index contributed by atoms with van der Waals surface area (Å²) >= 11 is 0. The van der Waals surface area contributed by atoms with E-state index in [4.69, 9.17) is 0 Å². The zero-order valence-corrected chi connectivity index (χ0v) is 16.2. The molecule has 0 saturated heterocycles. The molecule has 4 rings (SSSR count). The van der Waals surface area contributed by atoms with Crippen LogP contribution < -0.4 is 10.9 Å². The number of halogens is 3. The Labute approximate surface area is 173 Å². The molecule has 0 fully saturated rings. The van der Waals surface area contributed by atoms with Crippen LogP contribution in [0.1, 0.15) is 21.6 Å². The van der Waals surface area contributed by atoms with E-state index in [-0.39, 0.29) is 34.7 Å². The number of carbonyl (C=O) groups excluding carboxylic acids is 1. The first-order valence-corrected chi connectivity index (χ1v) is 9.19. The van der Waals surface area contributed by atoms with E-state index in [1.54, 1.807) is 36.5 Å². The fourth-order valence-corrected chi connectivity index (χ4v) is 3.30. The predicted octanol–water partition coefficient (Wildman–Crippen LogP) is 3.21. The number of carbonyl (C=O) groups is 1. The van der Waals surface area contributed by atoms with E-state index in [1.807, 2.05) is 5.10 Å². The SMILES string of the molecule is CNC(=O)c1cccc(Cn2ccc3cc(-c4cn[nH]c4C(F)(F)F)ncc3c2=O)c1. The van der Waals surface area contributed by atoms with E-state index in [0.717, 1.165) is 11.8 Å². The van der Waals surface area contributed by atoms with Gasteiger partial charge in [-0.25, -0.2) is 0 Å². The standard InChI is InChI=1S/C21H16F3N5O2/c1-25-19(30)14-4-2-3-12(7-14)11-29-6-5-13-8-17(26-9-15(13)20(29)31)16-10-27-28-18(16)21(22,23)24/h2-10H,11H2,1H3,(H,25,30)(H,27,28). The first-order valence-electron chi connectivity index (χ1n) is 9.19. The molecule has 0 aliphatic rings. The molecule has 10 heteroatoms. The second-order valence-corrected chi connectivity index (χ2v) is 6.84. The van der Waals surface area contributed by atoms with Crippen LogP contribution in [0.5, 0.6) is 0 Å². The van der Waals surface area contributed by atoms with Crippen molar-refractivity contribution in [3.63, 3.8) is 0 Å². The lowest BCUT2D eigenvalue weighted by atomic mass is 10.1. The van der Waals surface area contributed by atoms with E-state index >= 15 is 0 Å². The number of alkyl halides is 3. The van der Waals surface area contributed by atoms with Gasteiger partial charge in [0.2, 0.25) is 0 Å². The number of aromatic nitrogens is 4. The summed E-state index contributed by atoms with van der Waals surface area (Å²) in [5, 5.41) is 8.69. The van der Waals surface area contributed by atoms with Crippen LogP contribution in [0, 0.1) is 0 Å². The fourth-order valence-electron chi connectivity index (χ4n) is 3.30. The van der Waals surface area contributed by atoms with E-state index in [9.17, 15) is 22.8 Å². The Hall–Kier alpha value is -3.95. The van der Waals surface area contributed by atoms with E-state index in [2.05, 4.69) is 15.4 Å². The summed E-state index contributed by atoms with van der Waals surface area (Å²) < 4.78 is 40.8. The lowest BCUT2D eigenvalue weighted by Crippen LogP contribution is -2.21. The third-order valence-electron chi connectivity index (χ3n) is 4.83. The van der Waals surface area contributed by atoms with Crippen LogP contribution >= 0.6 is 0 Å². The van der Waals surface area contributed by atoms with Crippen molar-refractivity contribution in [1.82, 2.24) is 25.1 Å². The van der Waals surface area contributed by atoms with Crippen molar-refractivity contribution < 1.29 is 18.0 Å². The van der Waals surface area contributed by atoms with Crippen molar-refractivity contribution in [3.05, 3.63) is 82.2 Å². The maximum absolute atomic E-state index is 13.1. The molecule has 0 saturated carbocycles. The Morgan fingerprint density at radius 2 is 2.00 bits per heavy atom. The van der Waals surface area contributed by atoms with E-state index in [1.165, 1.54) is 23.9 Å². The summed E-state index contributed by atoms with van der Waals surface area (Å²) in [4.78, 5) is 28.7. The zero-order chi connectivity index (χ0) is 22.2. The van der Waals surface area contributed by atoms with Crippen LogP contribution in [-0.2, 0) is 12.7 Å². The molecular weight excluding hydrogens is 411 g/mol. The molecule has 158 valence electrons. The van der Waals surface area contributed by atoms with Gasteiger partial charge in [-0.1, -0.05) is 12.1 Å². The lowest BCUT2D eigenvalue weighted by molar-refractivity contribution is -0.140. The number of hydrogen-bond acceptors (Lipinski definition) is 4. The molecule has 0 aliphatic carbocycles. The Balaban J connectivity index is 1.70. The number of pyridine rings is 2. The second-order valence-electron chi connectivity index (χ2n) is 6.84. The van der Waals surface area contributed by atoms with Crippen molar-refractivity contribution in [2.24, 2.45) is 0 Å². The third-order valence-corrected chi connectivity index (χ3v) is 4.83. The minimum absolute atomic E-state index is 0.0593. The van der Waals surface area contributed by atoms with Crippen LogP contribution in [0.25, 0.3) is 22.0 Å². The number of nitrogens with zero attached hydrogens (tertiary/aromatic N) is 3. The van der Waals surface area contributed by atoms with Crippen molar-refractivity contribution in [3.8, 4) is 11.3 Å². The van der Waals surface area contributed by atoms with E-state index < -0.39 is 11.9 Å². The van der Waals surface area contributed by atoms with Crippen molar-refractivity contribution >= 4 is 16.7 Å². The number of H-pyrrole nitrogens is 1. The summed E-state index contributed by atoms with van der Waals surface area (Å²) in [6.07, 6.45) is -0.731. The van der Waals surface area contributed by atoms with Crippen molar-refractivity contribution in [1.29, 1.82) is 0 Å². The Morgan fingerprint density at radius 3 is 2.74 bits per heavy atom. The van der Waals surface area contributed by atoms with Crippen LogP contribution in [0.4, 0.5) is 13.2 Å². The smallest absolute Gasteiger partial charge is 0.355 e. The van der Waals surface area contributed by atoms with Crippen LogP contribution in [-0.4, -0.2) is 32.7 Å². The molecular formula is C21H16F3N5O2. The quantitative estimate of drug-likeness (QED) is 0.523. The molecule has 0 unspecified atom stereocenters. The lowest BCUT2D eigenvalue weighted by Gasteiger charge is -2.10. The highest BCUT2D eigenvalue weighted by molar-refractivity contribution is 5.94. The number of fused-ring (bicyclic) bond motifs is 1. The van der Waals surface area contributed by atoms with Gasteiger partial charge in [0.1, 0.15) is 5.69 Å². The summed E-state index contributed by atoms with van der Waals surface area (Å²) in [6.45, 7) is 0.224. The highest BCUT2D eigenvalue weighted by Crippen LogP contribution is 2.35.